The number of carbonyl (C=O) groups excluding carboxylic acids is 1. The standard InChI is InChI=1S/C19H24N2O5S/c1-4-12-20-18(22)13-21-16-6-5-7-17(19(16)26-3)27(23,24)15-10-8-14(25-2)9-11-15/h5-11,21H,4,12-13H2,1-3H3,(H,20,22). The van der Waals surface area contributed by atoms with Gasteiger partial charge in [-0.2, -0.15) is 0 Å². The fourth-order valence-electron chi connectivity index (χ4n) is 2.46. The molecule has 0 fully saturated rings. The Labute approximate surface area is 159 Å². The highest BCUT2D eigenvalue weighted by Crippen LogP contribution is 2.35. The van der Waals surface area contributed by atoms with E-state index in [0.717, 1.165) is 6.42 Å². The van der Waals surface area contributed by atoms with Crippen molar-refractivity contribution in [3.8, 4) is 11.5 Å². The fraction of sp³-hybridized carbons (Fsp3) is 0.316. The van der Waals surface area contributed by atoms with Crippen molar-refractivity contribution in [2.24, 2.45) is 0 Å². The summed E-state index contributed by atoms with van der Waals surface area (Å²) in [4.78, 5) is 11.9. The normalized spacial score (nSPS) is 10.9. The van der Waals surface area contributed by atoms with Crippen molar-refractivity contribution in [2.75, 3.05) is 32.6 Å². The maximum absolute atomic E-state index is 13.0. The number of benzene rings is 2. The molecule has 0 atom stereocenters. The van der Waals surface area contributed by atoms with Gasteiger partial charge in [0.1, 0.15) is 10.6 Å². The number of hydrogen-bond donors (Lipinski definition) is 2. The zero-order chi connectivity index (χ0) is 19.9. The molecule has 0 aliphatic carbocycles. The van der Waals surface area contributed by atoms with Crippen LogP contribution in [0, 0.1) is 0 Å². The summed E-state index contributed by atoms with van der Waals surface area (Å²) >= 11 is 0. The maximum Gasteiger partial charge on any atom is 0.239 e. The second kappa shape index (κ2) is 9.27. The molecule has 1 amide bonds. The Balaban J connectivity index is 2.32. The van der Waals surface area contributed by atoms with Crippen LogP contribution in [-0.2, 0) is 14.6 Å². The number of methoxy groups -OCH3 is 2. The molecule has 0 aliphatic rings. The Morgan fingerprint density at radius 2 is 1.74 bits per heavy atom. The first-order valence-electron chi connectivity index (χ1n) is 8.50. The molecule has 2 aromatic rings. The van der Waals surface area contributed by atoms with Crippen LogP contribution in [0.2, 0.25) is 0 Å². The first kappa shape index (κ1) is 20.6. The topological polar surface area (TPSA) is 93.7 Å². The van der Waals surface area contributed by atoms with E-state index in [4.69, 9.17) is 9.47 Å². The summed E-state index contributed by atoms with van der Waals surface area (Å²) in [5.41, 5.74) is 0.429. The highest BCUT2D eigenvalue weighted by atomic mass is 32.2. The van der Waals surface area contributed by atoms with E-state index in [1.165, 1.54) is 32.4 Å². The number of amides is 1. The van der Waals surface area contributed by atoms with Gasteiger partial charge in [-0.1, -0.05) is 13.0 Å². The van der Waals surface area contributed by atoms with E-state index in [0.29, 0.717) is 18.0 Å². The molecular weight excluding hydrogens is 368 g/mol. The molecule has 146 valence electrons. The fourth-order valence-corrected chi connectivity index (χ4v) is 3.90. The third kappa shape index (κ3) is 4.91. The molecule has 8 heteroatoms. The van der Waals surface area contributed by atoms with Gasteiger partial charge < -0.3 is 20.1 Å². The molecule has 0 radical (unpaired) electrons. The Hall–Kier alpha value is -2.74. The lowest BCUT2D eigenvalue weighted by Crippen LogP contribution is -2.30. The van der Waals surface area contributed by atoms with E-state index in [2.05, 4.69) is 10.6 Å². The van der Waals surface area contributed by atoms with Crippen LogP contribution in [0.3, 0.4) is 0 Å². The molecule has 0 aliphatic heterocycles. The van der Waals surface area contributed by atoms with Crippen LogP contribution in [0.5, 0.6) is 11.5 Å². The number of anilines is 1. The second-order valence-electron chi connectivity index (χ2n) is 5.72. The van der Waals surface area contributed by atoms with Crippen LogP contribution in [0.1, 0.15) is 13.3 Å². The van der Waals surface area contributed by atoms with Crippen molar-refractivity contribution in [3.63, 3.8) is 0 Å². The van der Waals surface area contributed by atoms with Crippen molar-refractivity contribution in [1.82, 2.24) is 5.32 Å². The molecule has 0 saturated heterocycles. The molecule has 2 N–H and O–H groups in total. The number of rotatable bonds is 9. The van der Waals surface area contributed by atoms with Crippen LogP contribution in [0.15, 0.2) is 52.3 Å². The van der Waals surface area contributed by atoms with Gasteiger partial charge in [-0.15, -0.1) is 0 Å². The highest BCUT2D eigenvalue weighted by Gasteiger charge is 2.24. The number of ether oxygens (including phenoxy) is 2. The summed E-state index contributed by atoms with van der Waals surface area (Å²) in [6, 6.07) is 10.9. The minimum absolute atomic E-state index is 0.0163. The predicted molar refractivity (Wildman–Crippen MR) is 103 cm³/mol. The van der Waals surface area contributed by atoms with Crippen molar-refractivity contribution in [2.45, 2.75) is 23.1 Å². The summed E-state index contributed by atoms with van der Waals surface area (Å²) in [5, 5.41) is 5.68. The van der Waals surface area contributed by atoms with E-state index in [1.807, 2.05) is 6.92 Å². The molecule has 0 heterocycles. The first-order chi connectivity index (χ1) is 12.9. The Morgan fingerprint density at radius 1 is 1.04 bits per heavy atom. The number of hydrogen-bond acceptors (Lipinski definition) is 6. The SMILES string of the molecule is CCCNC(=O)CNc1cccc(S(=O)(=O)c2ccc(OC)cc2)c1OC. The van der Waals surface area contributed by atoms with E-state index in [-0.39, 0.29) is 28.0 Å². The van der Waals surface area contributed by atoms with Crippen LogP contribution in [-0.4, -0.2) is 41.6 Å². The van der Waals surface area contributed by atoms with E-state index in [1.54, 1.807) is 24.3 Å². The quantitative estimate of drug-likeness (QED) is 0.681. The number of para-hydroxylation sites is 1. The summed E-state index contributed by atoms with van der Waals surface area (Å²) in [5.74, 6) is 0.549. The highest BCUT2D eigenvalue weighted by molar-refractivity contribution is 7.91. The molecular formula is C19H24N2O5S. The third-order valence-electron chi connectivity index (χ3n) is 3.85. The predicted octanol–water partition coefficient (Wildman–Crippen LogP) is 2.47. The zero-order valence-corrected chi connectivity index (χ0v) is 16.4. The Morgan fingerprint density at radius 3 is 2.33 bits per heavy atom. The lowest BCUT2D eigenvalue weighted by molar-refractivity contribution is -0.119. The van der Waals surface area contributed by atoms with Gasteiger partial charge in [0.15, 0.2) is 5.75 Å². The van der Waals surface area contributed by atoms with Crippen molar-refractivity contribution >= 4 is 21.4 Å². The number of carbonyl (C=O) groups is 1. The van der Waals surface area contributed by atoms with Gasteiger partial charge in [0.25, 0.3) is 0 Å². The molecule has 0 spiro atoms. The Bertz CT molecular complexity index is 879. The summed E-state index contributed by atoms with van der Waals surface area (Å²) in [6.45, 7) is 2.57. The molecule has 0 bridgehead atoms. The van der Waals surface area contributed by atoms with Crippen molar-refractivity contribution < 1.29 is 22.7 Å². The van der Waals surface area contributed by atoms with Gasteiger partial charge in [0, 0.05) is 6.54 Å². The Kier molecular flexibility index (Phi) is 7.06. The average Bonchev–Trinajstić information content (AvgIpc) is 2.70. The first-order valence-corrected chi connectivity index (χ1v) is 9.99. The van der Waals surface area contributed by atoms with Gasteiger partial charge >= 0.3 is 0 Å². The van der Waals surface area contributed by atoms with Crippen LogP contribution in [0.25, 0.3) is 0 Å². The number of nitrogens with one attached hydrogen (secondary N) is 2. The largest absolute Gasteiger partial charge is 0.497 e. The average molecular weight is 392 g/mol. The minimum atomic E-state index is -3.80. The minimum Gasteiger partial charge on any atom is -0.497 e. The smallest absolute Gasteiger partial charge is 0.239 e. The molecule has 2 aromatic carbocycles. The van der Waals surface area contributed by atoms with Gasteiger partial charge in [-0.25, -0.2) is 8.42 Å². The van der Waals surface area contributed by atoms with E-state index in [9.17, 15) is 13.2 Å². The zero-order valence-electron chi connectivity index (χ0n) is 15.6. The lowest BCUT2D eigenvalue weighted by Gasteiger charge is -2.15. The van der Waals surface area contributed by atoms with Gasteiger partial charge in [0.2, 0.25) is 15.7 Å². The molecule has 0 aromatic heterocycles. The van der Waals surface area contributed by atoms with Crippen LogP contribution in [0.4, 0.5) is 5.69 Å². The lowest BCUT2D eigenvalue weighted by atomic mass is 10.3. The van der Waals surface area contributed by atoms with Gasteiger partial charge in [-0.3, -0.25) is 4.79 Å². The molecule has 0 saturated carbocycles. The van der Waals surface area contributed by atoms with E-state index < -0.39 is 9.84 Å². The molecule has 2 rings (SSSR count). The molecule has 7 nitrogen and oxygen atoms in total. The monoisotopic (exact) mass is 392 g/mol. The van der Waals surface area contributed by atoms with E-state index >= 15 is 0 Å². The maximum atomic E-state index is 13.0. The van der Waals surface area contributed by atoms with Crippen LogP contribution >= 0.6 is 0 Å². The molecule has 27 heavy (non-hydrogen) atoms. The molecule has 0 unspecified atom stereocenters. The number of sulfone groups is 1. The van der Waals surface area contributed by atoms with Crippen molar-refractivity contribution in [3.05, 3.63) is 42.5 Å². The third-order valence-corrected chi connectivity index (χ3v) is 5.65. The van der Waals surface area contributed by atoms with Crippen molar-refractivity contribution in [1.29, 1.82) is 0 Å². The second-order valence-corrected chi connectivity index (χ2v) is 7.64. The van der Waals surface area contributed by atoms with Gasteiger partial charge in [-0.05, 0) is 42.8 Å². The van der Waals surface area contributed by atoms with Crippen LogP contribution < -0.4 is 20.1 Å². The summed E-state index contributed by atoms with van der Waals surface area (Å²) in [7, 11) is -0.897. The van der Waals surface area contributed by atoms with Gasteiger partial charge in [0.05, 0.1) is 31.3 Å². The summed E-state index contributed by atoms with van der Waals surface area (Å²) < 4.78 is 36.4. The summed E-state index contributed by atoms with van der Waals surface area (Å²) in [6.07, 6.45) is 0.838.